The Morgan fingerprint density at radius 1 is 1.19 bits per heavy atom. The molecule has 0 aliphatic heterocycles. The standard InChI is InChI=1S/C15H10BrCl2FO2/c1-2-21-14-7-11(17)10(6-12(14)18)15(20)9-4-3-8(16)5-13(9)19/h3-7H,2H2,1H3. The highest BCUT2D eigenvalue weighted by Crippen LogP contribution is 2.33. The van der Waals surface area contributed by atoms with Crippen LogP contribution in [0.15, 0.2) is 34.8 Å². The Labute approximate surface area is 139 Å². The van der Waals surface area contributed by atoms with Gasteiger partial charge in [0.15, 0.2) is 5.78 Å². The lowest BCUT2D eigenvalue weighted by Crippen LogP contribution is -2.06. The first-order valence-corrected chi connectivity index (χ1v) is 7.60. The highest BCUT2D eigenvalue weighted by atomic mass is 79.9. The molecule has 0 spiro atoms. The minimum atomic E-state index is -0.629. The van der Waals surface area contributed by atoms with Gasteiger partial charge < -0.3 is 4.74 Å². The highest BCUT2D eigenvalue weighted by molar-refractivity contribution is 9.10. The Morgan fingerprint density at radius 2 is 1.90 bits per heavy atom. The predicted octanol–water partition coefficient (Wildman–Crippen LogP) is 5.52. The monoisotopic (exact) mass is 390 g/mol. The SMILES string of the molecule is CCOc1cc(Cl)c(C(=O)c2ccc(Br)cc2F)cc1Cl. The number of ether oxygens (including phenoxy) is 1. The fourth-order valence-corrected chi connectivity index (χ4v) is 2.58. The Bertz CT molecular complexity index is 704. The van der Waals surface area contributed by atoms with E-state index < -0.39 is 11.6 Å². The number of benzene rings is 2. The van der Waals surface area contributed by atoms with Gasteiger partial charge in [0.25, 0.3) is 0 Å². The van der Waals surface area contributed by atoms with Crippen LogP contribution in [0.4, 0.5) is 4.39 Å². The van der Waals surface area contributed by atoms with Crippen LogP contribution in [0.2, 0.25) is 10.0 Å². The fraction of sp³-hybridized carbons (Fsp3) is 0.133. The Kier molecular flexibility index (Phi) is 5.25. The van der Waals surface area contributed by atoms with Gasteiger partial charge in [0.1, 0.15) is 11.6 Å². The number of ketones is 1. The molecule has 0 fully saturated rings. The van der Waals surface area contributed by atoms with Crippen molar-refractivity contribution in [3.63, 3.8) is 0 Å². The van der Waals surface area contributed by atoms with Crippen molar-refractivity contribution < 1.29 is 13.9 Å². The number of hydrogen-bond acceptors (Lipinski definition) is 2. The molecule has 110 valence electrons. The van der Waals surface area contributed by atoms with Crippen molar-refractivity contribution in [2.75, 3.05) is 6.61 Å². The van der Waals surface area contributed by atoms with E-state index in [1.54, 1.807) is 13.0 Å². The van der Waals surface area contributed by atoms with Crippen LogP contribution in [0.3, 0.4) is 0 Å². The lowest BCUT2D eigenvalue weighted by atomic mass is 10.0. The number of carbonyl (C=O) groups excluding carboxylic acids is 1. The summed E-state index contributed by atoms with van der Waals surface area (Å²) < 4.78 is 19.7. The van der Waals surface area contributed by atoms with Gasteiger partial charge in [0.05, 0.1) is 22.2 Å². The summed E-state index contributed by atoms with van der Waals surface area (Å²) in [4.78, 5) is 12.4. The topological polar surface area (TPSA) is 26.3 Å². The van der Waals surface area contributed by atoms with Crippen molar-refractivity contribution in [1.29, 1.82) is 0 Å². The number of rotatable bonds is 4. The lowest BCUT2D eigenvalue weighted by Gasteiger charge is -2.10. The summed E-state index contributed by atoms with van der Waals surface area (Å²) in [6, 6.07) is 7.04. The van der Waals surface area contributed by atoms with Crippen molar-refractivity contribution in [3.8, 4) is 5.75 Å². The average Bonchev–Trinajstić information content (AvgIpc) is 2.42. The largest absolute Gasteiger partial charge is 0.492 e. The maximum absolute atomic E-state index is 13.9. The number of carbonyl (C=O) groups is 1. The Balaban J connectivity index is 2.46. The van der Waals surface area contributed by atoms with Gasteiger partial charge in [-0.05, 0) is 31.2 Å². The second-order valence-corrected chi connectivity index (χ2v) is 5.88. The van der Waals surface area contributed by atoms with Crippen LogP contribution in [0.1, 0.15) is 22.8 Å². The third-order valence-electron chi connectivity index (χ3n) is 2.74. The van der Waals surface area contributed by atoms with Gasteiger partial charge >= 0.3 is 0 Å². The van der Waals surface area contributed by atoms with E-state index in [0.717, 1.165) is 0 Å². The molecule has 0 aliphatic carbocycles. The van der Waals surface area contributed by atoms with E-state index in [2.05, 4.69) is 15.9 Å². The summed E-state index contributed by atoms with van der Waals surface area (Å²) in [7, 11) is 0. The molecule has 0 heterocycles. The molecule has 0 aromatic heterocycles. The van der Waals surface area contributed by atoms with Crippen LogP contribution in [0, 0.1) is 5.82 Å². The van der Waals surface area contributed by atoms with Crippen LogP contribution < -0.4 is 4.74 Å². The van der Waals surface area contributed by atoms with Crippen molar-refractivity contribution >= 4 is 44.9 Å². The first-order valence-electron chi connectivity index (χ1n) is 6.05. The third kappa shape index (κ3) is 3.57. The first kappa shape index (κ1) is 16.3. The van der Waals surface area contributed by atoms with Gasteiger partial charge in [0.2, 0.25) is 0 Å². The van der Waals surface area contributed by atoms with Crippen molar-refractivity contribution in [3.05, 3.63) is 61.8 Å². The molecule has 2 aromatic carbocycles. The average molecular weight is 392 g/mol. The molecule has 2 rings (SSSR count). The second kappa shape index (κ2) is 6.77. The van der Waals surface area contributed by atoms with Gasteiger partial charge in [0, 0.05) is 16.1 Å². The zero-order valence-electron chi connectivity index (χ0n) is 10.9. The van der Waals surface area contributed by atoms with Crippen LogP contribution in [-0.2, 0) is 0 Å². The zero-order chi connectivity index (χ0) is 15.6. The smallest absolute Gasteiger partial charge is 0.197 e. The molecule has 0 radical (unpaired) electrons. The molecule has 21 heavy (non-hydrogen) atoms. The molecule has 0 unspecified atom stereocenters. The van der Waals surface area contributed by atoms with Gasteiger partial charge in [-0.3, -0.25) is 4.79 Å². The van der Waals surface area contributed by atoms with Crippen LogP contribution >= 0.6 is 39.1 Å². The van der Waals surface area contributed by atoms with Crippen molar-refractivity contribution in [2.45, 2.75) is 6.92 Å². The van der Waals surface area contributed by atoms with Gasteiger partial charge in [-0.1, -0.05) is 39.1 Å². The number of hydrogen-bond donors (Lipinski definition) is 0. The summed E-state index contributed by atoms with van der Waals surface area (Å²) in [6.45, 7) is 2.23. The zero-order valence-corrected chi connectivity index (χ0v) is 14.0. The Morgan fingerprint density at radius 3 is 2.52 bits per heavy atom. The molecule has 0 atom stereocenters. The van der Waals surface area contributed by atoms with Crippen LogP contribution in [0.25, 0.3) is 0 Å². The summed E-state index contributed by atoms with van der Waals surface area (Å²) in [5.74, 6) is -0.776. The predicted molar refractivity (Wildman–Crippen MR) is 85.2 cm³/mol. The molecule has 6 heteroatoms. The quantitative estimate of drug-likeness (QED) is 0.641. The minimum absolute atomic E-state index is 0.0691. The summed E-state index contributed by atoms with van der Waals surface area (Å²) in [5, 5.41) is 0.414. The second-order valence-electron chi connectivity index (χ2n) is 4.15. The molecule has 0 bridgehead atoms. The summed E-state index contributed by atoms with van der Waals surface area (Å²) in [5.41, 5.74) is 0.0617. The van der Waals surface area contributed by atoms with Gasteiger partial charge in [-0.25, -0.2) is 4.39 Å². The van der Waals surface area contributed by atoms with Crippen molar-refractivity contribution in [1.82, 2.24) is 0 Å². The summed E-state index contributed by atoms with van der Waals surface area (Å²) >= 11 is 15.3. The van der Waals surface area contributed by atoms with E-state index in [1.807, 2.05) is 0 Å². The molecule has 0 amide bonds. The molecule has 0 saturated heterocycles. The summed E-state index contributed by atoms with van der Waals surface area (Å²) in [6.07, 6.45) is 0. The van der Waals surface area contributed by atoms with Crippen LogP contribution in [0.5, 0.6) is 5.75 Å². The normalized spacial score (nSPS) is 10.5. The highest BCUT2D eigenvalue weighted by Gasteiger charge is 2.19. The van der Waals surface area contributed by atoms with E-state index in [-0.39, 0.29) is 21.2 Å². The third-order valence-corrected chi connectivity index (χ3v) is 3.84. The number of halogens is 4. The molecule has 2 aromatic rings. The van der Waals surface area contributed by atoms with E-state index >= 15 is 0 Å². The minimum Gasteiger partial charge on any atom is -0.492 e. The van der Waals surface area contributed by atoms with Gasteiger partial charge in [-0.2, -0.15) is 0 Å². The molecular formula is C15H10BrCl2FO2. The molecule has 0 N–H and O–H groups in total. The maximum Gasteiger partial charge on any atom is 0.197 e. The van der Waals surface area contributed by atoms with E-state index in [4.69, 9.17) is 27.9 Å². The van der Waals surface area contributed by atoms with Crippen molar-refractivity contribution in [2.24, 2.45) is 0 Å². The maximum atomic E-state index is 13.9. The van der Waals surface area contributed by atoms with E-state index in [9.17, 15) is 9.18 Å². The molecule has 2 nitrogen and oxygen atoms in total. The van der Waals surface area contributed by atoms with E-state index in [1.165, 1.54) is 24.3 Å². The lowest BCUT2D eigenvalue weighted by molar-refractivity contribution is 0.103. The molecule has 0 aliphatic rings. The fourth-order valence-electron chi connectivity index (χ4n) is 1.79. The molecule has 0 saturated carbocycles. The van der Waals surface area contributed by atoms with Crippen LogP contribution in [-0.4, -0.2) is 12.4 Å². The molecular weight excluding hydrogens is 382 g/mol. The van der Waals surface area contributed by atoms with E-state index in [0.29, 0.717) is 16.8 Å². The first-order chi connectivity index (χ1) is 9.93. The van der Waals surface area contributed by atoms with Gasteiger partial charge in [-0.15, -0.1) is 0 Å². The Hall–Kier alpha value is -1.10.